The molecule has 2 rings (SSSR count). The van der Waals surface area contributed by atoms with Crippen LogP contribution in [0, 0.1) is 0 Å². The van der Waals surface area contributed by atoms with E-state index in [2.05, 4.69) is 0 Å². The summed E-state index contributed by atoms with van der Waals surface area (Å²) in [6.07, 6.45) is 1.22. The van der Waals surface area contributed by atoms with Crippen LogP contribution in [0.2, 0.25) is 0 Å². The second-order valence-corrected chi connectivity index (χ2v) is 6.15. The molecule has 0 heterocycles. The van der Waals surface area contributed by atoms with Crippen molar-refractivity contribution in [2.24, 2.45) is 0 Å². The summed E-state index contributed by atoms with van der Waals surface area (Å²) < 4.78 is 29.1. The minimum Gasteiger partial charge on any atom is -0.391 e. The first-order valence-corrected chi connectivity index (χ1v) is 8.41. The Kier molecular flexibility index (Phi) is 5.61. The molecule has 0 bridgehead atoms. The van der Waals surface area contributed by atoms with Crippen LogP contribution in [-0.2, 0) is 13.9 Å². The fourth-order valence-electron chi connectivity index (χ4n) is 1.77. The second-order valence-electron chi connectivity index (χ2n) is 4.71. The second kappa shape index (κ2) is 7.65. The Morgan fingerprint density at radius 3 is 1.70 bits per heavy atom. The summed E-state index contributed by atoms with van der Waals surface area (Å²) in [4.78, 5) is 11.1. The van der Waals surface area contributed by atoms with Crippen molar-refractivity contribution in [3.63, 3.8) is 0 Å². The first kappa shape index (κ1) is 16.8. The Hall–Kier alpha value is -2.52. The number of hydrogen-bond acceptors (Lipinski definition) is 5. The monoisotopic (exact) mass is 332 g/mol. The molecule has 0 spiro atoms. The van der Waals surface area contributed by atoms with E-state index >= 15 is 0 Å². The smallest absolute Gasteiger partial charge is 0.391 e. The lowest BCUT2D eigenvalue weighted by Gasteiger charge is -2.19. The van der Waals surface area contributed by atoms with E-state index in [4.69, 9.17) is 13.6 Å². The van der Waals surface area contributed by atoms with Crippen LogP contribution in [0.3, 0.4) is 0 Å². The summed E-state index contributed by atoms with van der Waals surface area (Å²) in [5.41, 5.74) is 0. The first-order chi connectivity index (χ1) is 11.0. The summed E-state index contributed by atoms with van der Waals surface area (Å²) in [5.74, 6) is 0.589. The molecule has 0 aliphatic carbocycles. The molecule has 0 radical (unpaired) electrons. The van der Waals surface area contributed by atoms with Gasteiger partial charge >= 0.3 is 7.82 Å². The van der Waals surface area contributed by atoms with Crippen molar-refractivity contribution in [3.05, 3.63) is 72.5 Å². The molecule has 0 aromatic heterocycles. The minimum atomic E-state index is -4.00. The van der Waals surface area contributed by atoms with E-state index in [1.54, 1.807) is 60.7 Å². The van der Waals surface area contributed by atoms with Crippen molar-refractivity contribution in [1.82, 2.24) is 0 Å². The van der Waals surface area contributed by atoms with Crippen LogP contribution in [0.25, 0.3) is 0 Å². The van der Waals surface area contributed by atoms with E-state index in [9.17, 15) is 9.36 Å². The highest BCUT2D eigenvalue weighted by Crippen LogP contribution is 2.51. The van der Waals surface area contributed by atoms with Gasteiger partial charge < -0.3 is 13.6 Å². The van der Waals surface area contributed by atoms with Crippen LogP contribution >= 0.6 is 7.82 Å². The molecule has 0 fully saturated rings. The molecule has 0 N–H and O–H groups in total. The van der Waals surface area contributed by atoms with E-state index in [0.29, 0.717) is 11.5 Å². The van der Waals surface area contributed by atoms with Crippen molar-refractivity contribution in [1.29, 1.82) is 0 Å². The molecule has 0 saturated heterocycles. The van der Waals surface area contributed by atoms with Gasteiger partial charge in [-0.15, -0.1) is 0 Å². The number of allylic oxidation sites excluding steroid dienone is 2. The molecule has 23 heavy (non-hydrogen) atoms. The minimum absolute atomic E-state index is 0.146. The lowest BCUT2D eigenvalue weighted by molar-refractivity contribution is -0.112. The first-order valence-electron chi connectivity index (χ1n) is 6.95. The molecule has 120 valence electrons. The van der Waals surface area contributed by atoms with E-state index in [1.165, 1.54) is 19.9 Å². The number of ketones is 1. The van der Waals surface area contributed by atoms with Gasteiger partial charge in [-0.3, -0.25) is 4.79 Å². The molecule has 0 atom stereocenters. The van der Waals surface area contributed by atoms with Gasteiger partial charge in [0.1, 0.15) is 17.3 Å². The Labute approximate surface area is 135 Å². The van der Waals surface area contributed by atoms with Crippen molar-refractivity contribution in [3.8, 4) is 11.5 Å². The maximum atomic E-state index is 12.9. The fourth-order valence-corrected chi connectivity index (χ4v) is 3.04. The standard InChI is InChI=1S/C17H17O5P/c1-14(18)13-15(2)20-23(19,21-16-9-5-3-6-10-16)22-17-11-7-4-8-12-17/h3-13H,1-2H3. The van der Waals surface area contributed by atoms with Crippen LogP contribution in [0.4, 0.5) is 0 Å². The SMILES string of the molecule is CC(=O)C=C(C)OP(=O)(Oc1ccccc1)Oc1ccccc1. The van der Waals surface area contributed by atoms with Gasteiger partial charge in [0, 0.05) is 6.08 Å². The predicted molar refractivity (Wildman–Crippen MR) is 87.3 cm³/mol. The third kappa shape index (κ3) is 5.64. The summed E-state index contributed by atoms with van der Waals surface area (Å²) in [6.45, 7) is 2.88. The van der Waals surface area contributed by atoms with Crippen LogP contribution in [0.15, 0.2) is 72.5 Å². The maximum Gasteiger partial charge on any atom is 0.646 e. The Balaban J connectivity index is 2.26. The highest BCUT2D eigenvalue weighted by Gasteiger charge is 2.33. The molecule has 0 amide bonds. The Bertz CT molecular complexity index is 680. The van der Waals surface area contributed by atoms with Gasteiger partial charge in [-0.2, -0.15) is 4.57 Å². The molecule has 0 unspecified atom stereocenters. The van der Waals surface area contributed by atoms with Crippen LogP contribution in [-0.4, -0.2) is 5.78 Å². The fraction of sp³-hybridized carbons (Fsp3) is 0.118. The number of phosphoric ester groups is 1. The molecule has 2 aromatic rings. The van der Waals surface area contributed by atoms with Crippen LogP contribution in [0.1, 0.15) is 13.8 Å². The molecule has 2 aromatic carbocycles. The summed E-state index contributed by atoms with van der Waals surface area (Å²) in [5, 5.41) is 0. The number of carbonyl (C=O) groups excluding carboxylic acids is 1. The quantitative estimate of drug-likeness (QED) is 0.415. The van der Waals surface area contributed by atoms with Gasteiger partial charge in [-0.25, -0.2) is 0 Å². The van der Waals surface area contributed by atoms with E-state index in [-0.39, 0.29) is 11.5 Å². The number of benzene rings is 2. The highest BCUT2D eigenvalue weighted by molar-refractivity contribution is 7.49. The highest BCUT2D eigenvalue weighted by atomic mass is 31.2. The molecule has 5 nitrogen and oxygen atoms in total. The van der Waals surface area contributed by atoms with E-state index in [0.717, 1.165) is 0 Å². The zero-order valence-corrected chi connectivity index (χ0v) is 13.7. The average Bonchev–Trinajstić information content (AvgIpc) is 2.47. The third-order valence-corrected chi connectivity index (χ3v) is 3.96. The molecule has 0 saturated carbocycles. The number of hydrogen-bond donors (Lipinski definition) is 0. The van der Waals surface area contributed by atoms with Gasteiger partial charge in [0.05, 0.1) is 0 Å². The number of para-hydroxylation sites is 2. The zero-order chi connectivity index (χ0) is 16.7. The Morgan fingerprint density at radius 2 is 1.30 bits per heavy atom. The van der Waals surface area contributed by atoms with Crippen molar-refractivity contribution in [2.45, 2.75) is 13.8 Å². The zero-order valence-electron chi connectivity index (χ0n) is 12.8. The van der Waals surface area contributed by atoms with Crippen molar-refractivity contribution in [2.75, 3.05) is 0 Å². The third-order valence-electron chi connectivity index (χ3n) is 2.58. The molecule has 0 aliphatic heterocycles. The molecular weight excluding hydrogens is 315 g/mol. The summed E-state index contributed by atoms with van der Waals surface area (Å²) in [7, 11) is -4.00. The van der Waals surface area contributed by atoms with Crippen LogP contribution in [0.5, 0.6) is 11.5 Å². The van der Waals surface area contributed by atoms with Gasteiger partial charge in [-0.05, 0) is 38.1 Å². The number of phosphoric acid groups is 1. The number of carbonyl (C=O) groups is 1. The van der Waals surface area contributed by atoms with Gasteiger partial charge in [0.15, 0.2) is 5.78 Å². The lowest BCUT2D eigenvalue weighted by Crippen LogP contribution is -2.05. The largest absolute Gasteiger partial charge is 0.646 e. The van der Waals surface area contributed by atoms with Gasteiger partial charge in [-0.1, -0.05) is 36.4 Å². The lowest BCUT2D eigenvalue weighted by atomic mass is 10.3. The summed E-state index contributed by atoms with van der Waals surface area (Å²) in [6, 6.07) is 17.1. The van der Waals surface area contributed by atoms with Gasteiger partial charge in [0.2, 0.25) is 0 Å². The summed E-state index contributed by atoms with van der Waals surface area (Å²) >= 11 is 0. The Morgan fingerprint density at radius 1 is 0.870 bits per heavy atom. The van der Waals surface area contributed by atoms with Gasteiger partial charge in [0.25, 0.3) is 0 Å². The van der Waals surface area contributed by atoms with Crippen molar-refractivity contribution < 1.29 is 22.9 Å². The van der Waals surface area contributed by atoms with Crippen molar-refractivity contribution >= 4 is 13.6 Å². The average molecular weight is 332 g/mol. The van der Waals surface area contributed by atoms with E-state index in [1.807, 2.05) is 0 Å². The van der Waals surface area contributed by atoms with E-state index < -0.39 is 7.82 Å². The van der Waals surface area contributed by atoms with Crippen LogP contribution < -0.4 is 9.05 Å². The normalized spacial score (nSPS) is 11.7. The number of rotatable bonds is 7. The molecular formula is C17H17O5P. The molecule has 6 heteroatoms. The predicted octanol–water partition coefficient (Wildman–Crippen LogP) is 4.76. The maximum absolute atomic E-state index is 12.9. The topological polar surface area (TPSA) is 61.8 Å². The molecule has 0 aliphatic rings.